The molecule has 7 nitrogen and oxygen atoms in total. The normalized spacial score (nSPS) is 20.2. The zero-order valence-electron chi connectivity index (χ0n) is 13.6. The third kappa shape index (κ3) is 5.23. The number of nitrogens with one attached hydrogen (secondary N) is 1. The average molecular weight is 312 g/mol. The van der Waals surface area contributed by atoms with E-state index >= 15 is 0 Å². The topological polar surface area (TPSA) is 65.1 Å². The molecule has 0 spiro atoms. The average Bonchev–Trinajstić information content (AvgIpc) is 2.56. The lowest BCUT2D eigenvalue weighted by atomic mass is 10.2. The van der Waals surface area contributed by atoms with Crippen LogP contribution in [0.5, 0.6) is 0 Å². The van der Waals surface area contributed by atoms with E-state index in [-0.39, 0.29) is 11.8 Å². The van der Waals surface area contributed by atoms with E-state index in [4.69, 9.17) is 4.74 Å². The molecule has 0 aliphatic carbocycles. The number of rotatable bonds is 6. The number of carbonyl (C=O) groups is 2. The molecule has 7 heteroatoms. The first-order valence-corrected chi connectivity index (χ1v) is 8.21. The molecule has 22 heavy (non-hydrogen) atoms. The molecule has 2 rings (SSSR count). The van der Waals surface area contributed by atoms with Gasteiger partial charge in [0.25, 0.3) is 0 Å². The quantitative estimate of drug-likeness (QED) is 0.637. The van der Waals surface area contributed by atoms with Crippen molar-refractivity contribution in [1.29, 1.82) is 0 Å². The van der Waals surface area contributed by atoms with E-state index in [1.54, 1.807) is 0 Å². The summed E-state index contributed by atoms with van der Waals surface area (Å²) in [5.74, 6) is 0.375. The first-order valence-electron chi connectivity index (χ1n) is 8.21. The first-order chi connectivity index (χ1) is 10.7. The van der Waals surface area contributed by atoms with Crippen molar-refractivity contribution in [2.45, 2.75) is 12.8 Å². The lowest BCUT2D eigenvalue weighted by Gasteiger charge is -2.36. The predicted molar refractivity (Wildman–Crippen MR) is 83.6 cm³/mol. The van der Waals surface area contributed by atoms with Crippen LogP contribution in [0.3, 0.4) is 0 Å². The van der Waals surface area contributed by atoms with Crippen LogP contribution >= 0.6 is 0 Å². The van der Waals surface area contributed by atoms with Gasteiger partial charge < -0.3 is 19.9 Å². The number of nitrogens with zero attached hydrogens (tertiary/aromatic N) is 3. The second-order valence-electron chi connectivity index (χ2n) is 5.86. The molecule has 0 aromatic carbocycles. The fraction of sp³-hybridized carbons (Fsp3) is 0.867. The van der Waals surface area contributed by atoms with E-state index < -0.39 is 0 Å². The highest BCUT2D eigenvalue weighted by Crippen LogP contribution is 2.07. The zero-order chi connectivity index (χ0) is 15.8. The van der Waals surface area contributed by atoms with Gasteiger partial charge in [0, 0.05) is 45.7 Å². The Hall–Kier alpha value is -1.18. The molecule has 0 aromatic rings. The molecule has 2 aliphatic rings. The van der Waals surface area contributed by atoms with Gasteiger partial charge in [-0.3, -0.25) is 14.5 Å². The van der Waals surface area contributed by atoms with Gasteiger partial charge in [-0.2, -0.15) is 0 Å². The van der Waals surface area contributed by atoms with E-state index in [0.717, 1.165) is 26.1 Å². The Balaban J connectivity index is 1.67. The van der Waals surface area contributed by atoms with Crippen molar-refractivity contribution < 1.29 is 14.3 Å². The highest BCUT2D eigenvalue weighted by Gasteiger charge is 2.25. The van der Waals surface area contributed by atoms with Crippen LogP contribution in [0.4, 0.5) is 0 Å². The lowest BCUT2D eigenvalue weighted by Crippen LogP contribution is -2.53. The van der Waals surface area contributed by atoms with Crippen LogP contribution in [0.15, 0.2) is 0 Å². The summed E-state index contributed by atoms with van der Waals surface area (Å²) in [5, 5.41) is 3.05. The molecule has 2 saturated heterocycles. The molecule has 0 aromatic heterocycles. The smallest absolute Gasteiger partial charge is 0.236 e. The van der Waals surface area contributed by atoms with E-state index in [0.29, 0.717) is 52.4 Å². The van der Waals surface area contributed by atoms with Crippen LogP contribution in [0.25, 0.3) is 0 Å². The maximum atomic E-state index is 12.3. The van der Waals surface area contributed by atoms with Crippen LogP contribution in [-0.2, 0) is 14.3 Å². The Bertz CT molecular complexity index is 364. The summed E-state index contributed by atoms with van der Waals surface area (Å²) >= 11 is 0. The van der Waals surface area contributed by atoms with Crippen LogP contribution in [0, 0.1) is 0 Å². The molecule has 2 aliphatic heterocycles. The SMILES string of the molecule is CNCCCC(=O)N1CCN(C(=O)CN2CCOCC2)CC1. The van der Waals surface area contributed by atoms with Gasteiger partial charge in [0.1, 0.15) is 0 Å². The molecule has 1 N–H and O–H groups in total. The molecule has 0 saturated carbocycles. The summed E-state index contributed by atoms with van der Waals surface area (Å²) in [6.07, 6.45) is 1.45. The lowest BCUT2D eigenvalue weighted by molar-refractivity contribution is -0.140. The van der Waals surface area contributed by atoms with Crippen molar-refractivity contribution in [2.24, 2.45) is 0 Å². The molecular formula is C15H28N4O3. The zero-order valence-corrected chi connectivity index (χ0v) is 13.6. The Morgan fingerprint density at radius 1 is 0.955 bits per heavy atom. The van der Waals surface area contributed by atoms with Crippen molar-refractivity contribution in [2.75, 3.05) is 72.6 Å². The predicted octanol–water partition coefficient (Wildman–Crippen LogP) is -1.01. The van der Waals surface area contributed by atoms with Crippen LogP contribution < -0.4 is 5.32 Å². The summed E-state index contributed by atoms with van der Waals surface area (Å²) in [6.45, 7) is 7.04. The van der Waals surface area contributed by atoms with Crippen molar-refractivity contribution in [3.63, 3.8) is 0 Å². The first kappa shape index (κ1) is 17.2. The Kier molecular flexibility index (Phi) is 7.08. The summed E-state index contributed by atoms with van der Waals surface area (Å²) in [6, 6.07) is 0. The Labute approximate surface area is 132 Å². The van der Waals surface area contributed by atoms with Gasteiger partial charge in [-0.25, -0.2) is 0 Å². The largest absolute Gasteiger partial charge is 0.379 e. The molecule has 0 bridgehead atoms. The highest BCUT2D eigenvalue weighted by atomic mass is 16.5. The van der Waals surface area contributed by atoms with E-state index in [1.165, 1.54) is 0 Å². The van der Waals surface area contributed by atoms with Crippen molar-refractivity contribution in [3.8, 4) is 0 Å². The maximum absolute atomic E-state index is 12.3. The van der Waals surface area contributed by atoms with Crippen molar-refractivity contribution in [1.82, 2.24) is 20.0 Å². The number of piperazine rings is 1. The van der Waals surface area contributed by atoms with Gasteiger partial charge >= 0.3 is 0 Å². The fourth-order valence-electron chi connectivity index (χ4n) is 2.83. The van der Waals surface area contributed by atoms with Crippen LogP contribution in [-0.4, -0.2) is 99.1 Å². The number of carbonyl (C=O) groups excluding carboxylic acids is 2. The second kappa shape index (κ2) is 9.07. The van der Waals surface area contributed by atoms with Crippen molar-refractivity contribution >= 4 is 11.8 Å². The summed E-state index contributed by atoms with van der Waals surface area (Å²) < 4.78 is 5.29. The second-order valence-corrected chi connectivity index (χ2v) is 5.86. The third-order valence-electron chi connectivity index (χ3n) is 4.27. The molecule has 2 fully saturated rings. The minimum absolute atomic E-state index is 0.171. The molecule has 126 valence electrons. The number of hydrogen-bond acceptors (Lipinski definition) is 5. The number of morpholine rings is 1. The van der Waals surface area contributed by atoms with E-state index in [1.807, 2.05) is 16.8 Å². The molecule has 0 unspecified atom stereocenters. The molecule has 0 radical (unpaired) electrons. The monoisotopic (exact) mass is 312 g/mol. The van der Waals surface area contributed by atoms with E-state index in [2.05, 4.69) is 10.2 Å². The molecular weight excluding hydrogens is 284 g/mol. The highest BCUT2D eigenvalue weighted by molar-refractivity contribution is 5.79. The number of ether oxygens (including phenoxy) is 1. The summed E-state index contributed by atoms with van der Waals surface area (Å²) in [4.78, 5) is 30.2. The van der Waals surface area contributed by atoms with E-state index in [9.17, 15) is 9.59 Å². The van der Waals surface area contributed by atoms with Gasteiger partial charge in [0.2, 0.25) is 11.8 Å². The molecule has 2 heterocycles. The van der Waals surface area contributed by atoms with Gasteiger partial charge in [-0.1, -0.05) is 0 Å². The Morgan fingerprint density at radius 3 is 2.14 bits per heavy atom. The van der Waals surface area contributed by atoms with Gasteiger partial charge in [-0.05, 0) is 20.0 Å². The van der Waals surface area contributed by atoms with Crippen molar-refractivity contribution in [3.05, 3.63) is 0 Å². The molecule has 0 atom stereocenters. The maximum Gasteiger partial charge on any atom is 0.236 e. The van der Waals surface area contributed by atoms with Gasteiger partial charge in [0.15, 0.2) is 0 Å². The van der Waals surface area contributed by atoms with Gasteiger partial charge in [0.05, 0.1) is 19.8 Å². The number of amides is 2. The number of hydrogen-bond donors (Lipinski definition) is 1. The van der Waals surface area contributed by atoms with Crippen LogP contribution in [0.1, 0.15) is 12.8 Å². The Morgan fingerprint density at radius 2 is 1.55 bits per heavy atom. The minimum Gasteiger partial charge on any atom is -0.379 e. The molecule has 2 amide bonds. The minimum atomic E-state index is 0.171. The summed E-state index contributed by atoms with van der Waals surface area (Å²) in [5.41, 5.74) is 0. The standard InChI is InChI=1S/C15H28N4O3/c1-16-4-2-3-14(20)18-5-7-19(8-6-18)15(21)13-17-9-11-22-12-10-17/h16H,2-13H2,1H3. The van der Waals surface area contributed by atoms with Crippen LogP contribution in [0.2, 0.25) is 0 Å². The van der Waals surface area contributed by atoms with Gasteiger partial charge in [-0.15, -0.1) is 0 Å². The third-order valence-corrected chi connectivity index (χ3v) is 4.27. The summed E-state index contributed by atoms with van der Waals surface area (Å²) in [7, 11) is 1.89. The fourth-order valence-corrected chi connectivity index (χ4v) is 2.83.